The second kappa shape index (κ2) is 9.47. The molecule has 1 aromatic carbocycles. The highest BCUT2D eigenvalue weighted by molar-refractivity contribution is 8.01. The molecule has 3 rings (SSSR count). The lowest BCUT2D eigenvalue weighted by molar-refractivity contribution is -0.137. The molecule has 3 aromatic rings. The Morgan fingerprint density at radius 2 is 1.85 bits per heavy atom. The lowest BCUT2D eigenvalue weighted by Crippen LogP contribution is -2.29. The molecule has 0 radical (unpaired) electrons. The number of anilines is 1. The third kappa shape index (κ3) is 6.51. The van der Waals surface area contributed by atoms with Crippen LogP contribution in [0.1, 0.15) is 34.7 Å². The van der Waals surface area contributed by atoms with Crippen molar-refractivity contribution in [2.24, 2.45) is 0 Å². The van der Waals surface area contributed by atoms with Crippen molar-refractivity contribution in [3.63, 3.8) is 0 Å². The highest BCUT2D eigenvalue weighted by Gasteiger charge is 2.32. The number of hydrogen-bond donors (Lipinski definition) is 2. The van der Waals surface area contributed by atoms with Gasteiger partial charge in [0.05, 0.1) is 35.4 Å². The van der Waals surface area contributed by atoms with E-state index >= 15 is 0 Å². The van der Waals surface area contributed by atoms with Gasteiger partial charge >= 0.3 is 11.7 Å². The maximum atomic E-state index is 13.0. The van der Waals surface area contributed by atoms with Crippen molar-refractivity contribution in [3.05, 3.63) is 64.8 Å². The van der Waals surface area contributed by atoms with E-state index in [1.165, 1.54) is 23.7 Å². The summed E-state index contributed by atoms with van der Waals surface area (Å²) in [5, 5.41) is 6.23. The first-order valence-corrected chi connectivity index (χ1v) is 10.1. The van der Waals surface area contributed by atoms with E-state index in [0.29, 0.717) is 12.1 Å². The molecular formula is C18H13ClF6N6OS. The van der Waals surface area contributed by atoms with Crippen LogP contribution in [0.3, 0.4) is 0 Å². The zero-order chi connectivity index (χ0) is 24.4. The normalized spacial score (nSPS) is 13.0. The van der Waals surface area contributed by atoms with Crippen molar-refractivity contribution in [2.45, 2.75) is 24.7 Å². The molecule has 0 aliphatic carbocycles. The number of carbonyl (C=O) groups is 1. The van der Waals surface area contributed by atoms with Crippen LogP contribution in [0.25, 0.3) is 5.82 Å². The zero-order valence-electron chi connectivity index (χ0n) is 16.4. The van der Waals surface area contributed by atoms with Crippen molar-refractivity contribution >= 4 is 35.1 Å². The number of aromatic nitrogens is 4. The summed E-state index contributed by atoms with van der Waals surface area (Å²) >= 11 is 5.27. The van der Waals surface area contributed by atoms with Crippen molar-refractivity contribution < 1.29 is 31.1 Å². The summed E-state index contributed by atoms with van der Waals surface area (Å²) in [6, 6.07) is 4.35. The number of benzene rings is 1. The Balaban J connectivity index is 1.76. The number of pyridine rings is 1. The van der Waals surface area contributed by atoms with Crippen molar-refractivity contribution in [2.75, 3.05) is 4.72 Å². The fraction of sp³-hybridized carbons (Fsp3) is 0.222. The maximum absolute atomic E-state index is 13.0. The minimum Gasteiger partial charge on any atom is -0.342 e. The predicted octanol–water partition coefficient (Wildman–Crippen LogP) is 5.41. The second-order valence-corrected chi connectivity index (χ2v) is 7.81. The molecule has 2 heterocycles. The average Bonchev–Trinajstić information content (AvgIpc) is 3.21. The van der Waals surface area contributed by atoms with E-state index in [-0.39, 0.29) is 27.9 Å². The summed E-state index contributed by atoms with van der Waals surface area (Å²) < 4.78 is 79.1. The summed E-state index contributed by atoms with van der Waals surface area (Å²) in [6.07, 6.45) is -2.38. The highest BCUT2D eigenvalue weighted by Crippen LogP contribution is 2.32. The van der Waals surface area contributed by atoms with E-state index < -0.39 is 41.1 Å². The maximum Gasteiger partial charge on any atom is 0.461 e. The number of hydrogen-bond acceptors (Lipinski definition) is 6. The van der Waals surface area contributed by atoms with E-state index in [2.05, 4.69) is 25.1 Å². The van der Waals surface area contributed by atoms with E-state index in [1.54, 1.807) is 0 Å². The summed E-state index contributed by atoms with van der Waals surface area (Å²) in [5.41, 5.74) is -5.76. The minimum absolute atomic E-state index is 0.0884. The first-order valence-electron chi connectivity index (χ1n) is 8.89. The number of alkyl halides is 6. The number of rotatable bonds is 6. The summed E-state index contributed by atoms with van der Waals surface area (Å²) in [7, 11) is 0. The number of nitrogens with one attached hydrogen (secondary N) is 2. The van der Waals surface area contributed by atoms with Crippen LogP contribution in [0.4, 0.5) is 32.0 Å². The fourth-order valence-corrected chi connectivity index (χ4v) is 3.23. The standard InChI is InChI=1S/C18H13ClF6N6OS/c1-9(29-16(32)10-4-11(17(20,21)22)6-12(19)5-10)15-27-8-28-31(15)14-3-2-13(7-26-14)30-33-18(23,24)25/h2-9,30H,1H3,(H,29,32)/t9-/m0/s1. The summed E-state index contributed by atoms with van der Waals surface area (Å²) in [4.78, 5) is 20.6. The Morgan fingerprint density at radius 1 is 1.12 bits per heavy atom. The molecule has 2 aromatic heterocycles. The number of carbonyl (C=O) groups excluding carboxylic acids is 1. The Labute approximate surface area is 191 Å². The average molecular weight is 511 g/mol. The molecule has 176 valence electrons. The van der Waals surface area contributed by atoms with Crippen LogP contribution in [0.5, 0.6) is 0 Å². The van der Waals surface area contributed by atoms with Crippen molar-refractivity contribution in [1.29, 1.82) is 0 Å². The third-order valence-electron chi connectivity index (χ3n) is 4.05. The van der Waals surface area contributed by atoms with Gasteiger partial charge in [0.25, 0.3) is 5.91 Å². The van der Waals surface area contributed by atoms with Gasteiger partial charge in [0.1, 0.15) is 6.33 Å². The number of nitrogens with zero attached hydrogens (tertiary/aromatic N) is 4. The van der Waals surface area contributed by atoms with Gasteiger partial charge < -0.3 is 10.0 Å². The zero-order valence-corrected chi connectivity index (χ0v) is 17.9. The quantitative estimate of drug-likeness (QED) is 0.341. The van der Waals surface area contributed by atoms with Crippen LogP contribution in [0, 0.1) is 0 Å². The van der Waals surface area contributed by atoms with Gasteiger partial charge in [0, 0.05) is 10.6 Å². The highest BCUT2D eigenvalue weighted by atomic mass is 35.5. The largest absolute Gasteiger partial charge is 0.461 e. The van der Waals surface area contributed by atoms with Crippen LogP contribution >= 0.6 is 23.5 Å². The molecular weight excluding hydrogens is 498 g/mol. The first-order chi connectivity index (χ1) is 15.3. The SMILES string of the molecule is C[C@H](NC(=O)c1cc(Cl)cc(C(F)(F)F)c1)c1ncnn1-c1ccc(NSC(F)(F)F)cn1. The third-order valence-corrected chi connectivity index (χ3v) is 4.83. The molecule has 7 nitrogen and oxygen atoms in total. The van der Waals surface area contributed by atoms with Gasteiger partial charge in [0.2, 0.25) is 0 Å². The van der Waals surface area contributed by atoms with E-state index in [0.717, 1.165) is 18.6 Å². The molecule has 15 heteroatoms. The molecule has 0 aliphatic rings. The molecule has 0 saturated heterocycles. The van der Waals surface area contributed by atoms with E-state index in [4.69, 9.17) is 11.6 Å². The molecule has 0 spiro atoms. The molecule has 0 fully saturated rings. The lowest BCUT2D eigenvalue weighted by Gasteiger charge is -2.16. The number of halogens is 7. The van der Waals surface area contributed by atoms with Gasteiger partial charge in [-0.1, -0.05) is 11.6 Å². The molecule has 0 saturated carbocycles. The van der Waals surface area contributed by atoms with Crippen LogP contribution in [-0.2, 0) is 6.18 Å². The van der Waals surface area contributed by atoms with Crippen molar-refractivity contribution in [1.82, 2.24) is 25.1 Å². The Bertz CT molecular complexity index is 1130. The smallest absolute Gasteiger partial charge is 0.342 e. The molecule has 0 unspecified atom stereocenters. The number of amides is 1. The van der Waals surface area contributed by atoms with Crippen LogP contribution in [0.2, 0.25) is 5.02 Å². The fourth-order valence-electron chi connectivity index (χ4n) is 2.64. The lowest BCUT2D eigenvalue weighted by atomic mass is 10.1. The van der Waals surface area contributed by atoms with Crippen molar-refractivity contribution in [3.8, 4) is 5.82 Å². The molecule has 0 bridgehead atoms. The van der Waals surface area contributed by atoms with Gasteiger partial charge in [-0.15, -0.1) is 0 Å². The molecule has 33 heavy (non-hydrogen) atoms. The summed E-state index contributed by atoms with van der Waals surface area (Å²) in [6.45, 7) is 1.52. The van der Waals surface area contributed by atoms with E-state index in [1.807, 2.05) is 0 Å². The Kier molecular flexibility index (Phi) is 7.07. The van der Waals surface area contributed by atoms with Gasteiger partial charge in [-0.3, -0.25) is 4.79 Å². The summed E-state index contributed by atoms with van der Waals surface area (Å²) in [5.74, 6) is -0.464. The van der Waals surface area contributed by atoms with Gasteiger partial charge in [-0.2, -0.15) is 36.1 Å². The molecule has 0 aliphatic heterocycles. The van der Waals surface area contributed by atoms with Crippen LogP contribution < -0.4 is 10.0 Å². The monoisotopic (exact) mass is 510 g/mol. The molecule has 1 atom stereocenters. The van der Waals surface area contributed by atoms with Gasteiger partial charge in [-0.25, -0.2) is 9.97 Å². The van der Waals surface area contributed by atoms with Gasteiger partial charge in [0.15, 0.2) is 11.6 Å². The topological polar surface area (TPSA) is 84.7 Å². The first kappa shape index (κ1) is 24.6. The molecule has 2 N–H and O–H groups in total. The Morgan fingerprint density at radius 3 is 2.45 bits per heavy atom. The van der Waals surface area contributed by atoms with Gasteiger partial charge in [-0.05, 0) is 37.3 Å². The predicted molar refractivity (Wildman–Crippen MR) is 109 cm³/mol. The van der Waals surface area contributed by atoms with Crippen LogP contribution in [-0.4, -0.2) is 31.2 Å². The van der Waals surface area contributed by atoms with Crippen LogP contribution in [0.15, 0.2) is 42.9 Å². The molecule has 1 amide bonds. The van der Waals surface area contributed by atoms with E-state index in [9.17, 15) is 31.1 Å². The second-order valence-electron chi connectivity index (χ2n) is 6.51. The Hall–Kier alpha value is -3.00. The minimum atomic E-state index is -4.68.